The molecule has 2 heterocycles. The Hall–Kier alpha value is -4.94. The molecule has 47 heavy (non-hydrogen) atoms. The summed E-state index contributed by atoms with van der Waals surface area (Å²) in [5, 5.41) is 11.4. The van der Waals surface area contributed by atoms with Crippen molar-refractivity contribution in [3.8, 4) is 17.2 Å². The third-order valence-corrected chi connectivity index (χ3v) is 8.41. The van der Waals surface area contributed by atoms with Gasteiger partial charge in [0.15, 0.2) is 16.3 Å². The van der Waals surface area contributed by atoms with E-state index in [0.717, 1.165) is 0 Å². The lowest BCUT2D eigenvalue weighted by Crippen LogP contribution is -2.40. The number of rotatable bonds is 11. The number of carbonyl (C=O) groups is 1. The van der Waals surface area contributed by atoms with Gasteiger partial charge < -0.3 is 18.9 Å². The summed E-state index contributed by atoms with van der Waals surface area (Å²) in [4.78, 5) is 43.2. The van der Waals surface area contributed by atoms with Crippen molar-refractivity contribution in [1.82, 2.24) is 4.57 Å². The minimum Gasteiger partial charge on any atom is -0.493 e. The average molecular weight is 678 g/mol. The number of methoxy groups -OCH3 is 1. The number of esters is 1. The third kappa shape index (κ3) is 7.08. The van der Waals surface area contributed by atoms with Crippen molar-refractivity contribution in [2.45, 2.75) is 46.4 Å². The van der Waals surface area contributed by atoms with Crippen LogP contribution in [0.15, 0.2) is 81.7 Å². The first-order chi connectivity index (χ1) is 22.5. The van der Waals surface area contributed by atoms with E-state index in [9.17, 15) is 19.7 Å². The Bertz CT molecular complexity index is 2070. The fourth-order valence-corrected chi connectivity index (χ4v) is 6.50. The first-order valence-electron chi connectivity index (χ1n) is 14.7. The van der Waals surface area contributed by atoms with Gasteiger partial charge >= 0.3 is 5.97 Å². The number of halogens is 1. The van der Waals surface area contributed by atoms with E-state index in [2.05, 4.69) is 4.99 Å². The molecule has 0 fully saturated rings. The van der Waals surface area contributed by atoms with Gasteiger partial charge in [0.1, 0.15) is 18.4 Å². The van der Waals surface area contributed by atoms with Gasteiger partial charge in [0.05, 0.1) is 45.6 Å². The second-order valence-electron chi connectivity index (χ2n) is 10.8. The SMILES string of the molecule is CCOC(=O)C1=C(C)N=c2s/c(=C/c3cc(Cl)c(OCc4cccc([N+](=O)[O-])c4)c(OC)c3)c(=O)n2[C@H]1c1ccccc1OC(C)C. The highest BCUT2D eigenvalue weighted by atomic mass is 35.5. The van der Waals surface area contributed by atoms with E-state index in [-0.39, 0.29) is 46.9 Å². The maximum absolute atomic E-state index is 14.1. The Balaban J connectivity index is 1.58. The molecule has 3 aromatic carbocycles. The van der Waals surface area contributed by atoms with Crippen LogP contribution >= 0.6 is 22.9 Å². The van der Waals surface area contributed by atoms with E-state index in [4.69, 9.17) is 30.5 Å². The van der Waals surface area contributed by atoms with Gasteiger partial charge in [-0.15, -0.1) is 0 Å². The standard InChI is InChI=1S/C34H32ClN3O8S/c1-6-44-33(40)29-20(4)36-34-37(30(29)24-12-7-8-13-26(24)46-19(2)3)32(39)28(47-34)17-22-15-25(35)31(27(16-22)43-5)45-18-21-10-9-11-23(14-21)38(41)42/h7-17,19,30H,6,18H2,1-5H3/b28-17+/t30-/m0/s1. The molecule has 0 spiro atoms. The topological polar surface area (TPSA) is 131 Å². The molecule has 13 heteroatoms. The van der Waals surface area contributed by atoms with E-state index in [1.165, 1.54) is 35.1 Å². The van der Waals surface area contributed by atoms with Gasteiger partial charge in [0, 0.05) is 17.7 Å². The number of hydrogen-bond donors (Lipinski definition) is 0. The molecule has 244 valence electrons. The largest absolute Gasteiger partial charge is 0.493 e. The zero-order valence-corrected chi connectivity index (χ0v) is 27.9. The molecular weight excluding hydrogens is 646 g/mol. The van der Waals surface area contributed by atoms with Crippen LogP contribution in [0.4, 0.5) is 5.69 Å². The van der Waals surface area contributed by atoms with E-state index < -0.39 is 16.9 Å². The number of thiazole rings is 1. The van der Waals surface area contributed by atoms with Crippen molar-refractivity contribution in [3.05, 3.63) is 123 Å². The van der Waals surface area contributed by atoms with E-state index in [1.807, 2.05) is 32.0 Å². The van der Waals surface area contributed by atoms with Crippen LogP contribution in [0.3, 0.4) is 0 Å². The smallest absolute Gasteiger partial charge is 0.338 e. The van der Waals surface area contributed by atoms with Crippen LogP contribution < -0.4 is 29.1 Å². The molecular formula is C34H32ClN3O8S. The molecule has 0 N–H and O–H groups in total. The van der Waals surface area contributed by atoms with Crippen LogP contribution in [-0.2, 0) is 16.1 Å². The van der Waals surface area contributed by atoms with Gasteiger partial charge in [-0.1, -0.05) is 53.3 Å². The molecule has 0 amide bonds. The summed E-state index contributed by atoms with van der Waals surface area (Å²) >= 11 is 7.80. The molecule has 1 aliphatic rings. The molecule has 4 aromatic rings. The Labute approximate surface area is 279 Å². The molecule has 0 unspecified atom stereocenters. The van der Waals surface area contributed by atoms with Crippen LogP contribution in [0.2, 0.25) is 5.02 Å². The lowest BCUT2D eigenvalue weighted by molar-refractivity contribution is -0.384. The van der Waals surface area contributed by atoms with Crippen molar-refractivity contribution in [3.63, 3.8) is 0 Å². The van der Waals surface area contributed by atoms with Crippen molar-refractivity contribution in [2.24, 2.45) is 4.99 Å². The van der Waals surface area contributed by atoms with Crippen LogP contribution in [0, 0.1) is 10.1 Å². The quantitative estimate of drug-likeness (QED) is 0.112. The molecule has 1 atom stereocenters. The van der Waals surface area contributed by atoms with Gasteiger partial charge in [-0.2, -0.15) is 0 Å². The number of fused-ring (bicyclic) bond motifs is 1. The maximum Gasteiger partial charge on any atom is 0.338 e. The second-order valence-corrected chi connectivity index (χ2v) is 12.2. The normalized spacial score (nSPS) is 14.4. The van der Waals surface area contributed by atoms with Gasteiger partial charge in [-0.25, -0.2) is 9.79 Å². The molecule has 11 nitrogen and oxygen atoms in total. The zero-order valence-electron chi connectivity index (χ0n) is 26.3. The van der Waals surface area contributed by atoms with Gasteiger partial charge in [-0.05, 0) is 63.1 Å². The highest BCUT2D eigenvalue weighted by Gasteiger charge is 2.35. The summed E-state index contributed by atoms with van der Waals surface area (Å²) < 4.78 is 24.8. The van der Waals surface area contributed by atoms with Crippen LogP contribution in [0.1, 0.15) is 50.4 Å². The Morgan fingerprint density at radius 2 is 1.91 bits per heavy atom. The number of nitro benzene ring substituents is 1. The van der Waals surface area contributed by atoms with Crippen molar-refractivity contribution < 1.29 is 28.7 Å². The summed E-state index contributed by atoms with van der Waals surface area (Å²) in [5.41, 5.74) is 2.03. The van der Waals surface area contributed by atoms with Crippen LogP contribution in [0.25, 0.3) is 6.08 Å². The number of ether oxygens (including phenoxy) is 4. The number of allylic oxidation sites excluding steroid dienone is 1. The zero-order chi connectivity index (χ0) is 33.8. The first kappa shape index (κ1) is 33.4. The van der Waals surface area contributed by atoms with E-state index >= 15 is 0 Å². The van der Waals surface area contributed by atoms with Crippen molar-refractivity contribution in [2.75, 3.05) is 13.7 Å². The number of para-hydroxylation sites is 1. The van der Waals surface area contributed by atoms with Crippen LogP contribution in [-0.4, -0.2) is 35.3 Å². The summed E-state index contributed by atoms with van der Waals surface area (Å²) in [7, 11) is 1.46. The predicted molar refractivity (Wildman–Crippen MR) is 178 cm³/mol. The second kappa shape index (κ2) is 14.2. The van der Waals surface area contributed by atoms with Gasteiger partial charge in [-0.3, -0.25) is 19.5 Å². The summed E-state index contributed by atoms with van der Waals surface area (Å²) in [6.07, 6.45) is 1.51. The number of nitrogens with zero attached hydrogens (tertiary/aromatic N) is 3. The minimum atomic E-state index is -0.842. The molecule has 0 saturated heterocycles. The van der Waals surface area contributed by atoms with Gasteiger partial charge in [0.25, 0.3) is 11.2 Å². The molecule has 1 aliphatic heterocycles. The third-order valence-electron chi connectivity index (χ3n) is 7.15. The average Bonchev–Trinajstić information content (AvgIpc) is 3.33. The fraction of sp³-hybridized carbons (Fsp3) is 0.265. The van der Waals surface area contributed by atoms with Crippen molar-refractivity contribution in [1.29, 1.82) is 0 Å². The summed E-state index contributed by atoms with van der Waals surface area (Å²) in [5.74, 6) is 0.524. The lowest BCUT2D eigenvalue weighted by Gasteiger charge is -2.26. The lowest BCUT2D eigenvalue weighted by atomic mass is 9.95. The molecule has 0 bridgehead atoms. The molecule has 0 radical (unpaired) electrons. The van der Waals surface area contributed by atoms with Gasteiger partial charge in [0.2, 0.25) is 0 Å². The number of benzene rings is 3. The van der Waals surface area contributed by atoms with Crippen LogP contribution in [0.5, 0.6) is 17.2 Å². The summed E-state index contributed by atoms with van der Waals surface area (Å²) in [6, 6.07) is 15.9. The van der Waals surface area contributed by atoms with E-state index in [1.54, 1.807) is 50.3 Å². The fourth-order valence-electron chi connectivity index (χ4n) is 5.18. The highest BCUT2D eigenvalue weighted by molar-refractivity contribution is 7.07. The summed E-state index contributed by atoms with van der Waals surface area (Å²) in [6.45, 7) is 7.42. The van der Waals surface area contributed by atoms with Crippen molar-refractivity contribution >= 4 is 40.7 Å². The Morgan fingerprint density at radius 1 is 1.15 bits per heavy atom. The monoisotopic (exact) mass is 677 g/mol. The number of non-ortho nitro benzene ring substituents is 1. The first-order valence-corrected chi connectivity index (χ1v) is 15.9. The number of nitro groups is 1. The maximum atomic E-state index is 14.1. The molecule has 0 saturated carbocycles. The molecule has 1 aromatic heterocycles. The Kier molecular flexibility index (Phi) is 10.1. The minimum absolute atomic E-state index is 0.0137. The predicted octanol–water partition coefficient (Wildman–Crippen LogP) is 5.73. The van der Waals surface area contributed by atoms with E-state index in [0.29, 0.717) is 43.2 Å². The molecule has 0 aliphatic carbocycles. The highest BCUT2D eigenvalue weighted by Crippen LogP contribution is 2.38. The number of carbonyl (C=O) groups excluding carboxylic acids is 1. The number of hydrogen-bond acceptors (Lipinski definition) is 10. The Morgan fingerprint density at radius 3 is 2.62 bits per heavy atom. The molecule has 5 rings (SSSR count). The number of aromatic nitrogens is 1.